The van der Waals surface area contributed by atoms with E-state index in [0.29, 0.717) is 10.8 Å². The number of nitrogens with zero attached hydrogens (tertiary/aromatic N) is 1. The van der Waals surface area contributed by atoms with Crippen LogP contribution in [-0.2, 0) is 4.79 Å². The van der Waals surface area contributed by atoms with Gasteiger partial charge in [0.15, 0.2) is 5.78 Å². The summed E-state index contributed by atoms with van der Waals surface area (Å²) in [5.41, 5.74) is 1.23. The van der Waals surface area contributed by atoms with Crippen LogP contribution >= 0.6 is 11.8 Å². The predicted octanol–water partition coefficient (Wildman–Crippen LogP) is 2.04. The molecule has 0 amide bonds. The van der Waals surface area contributed by atoms with Gasteiger partial charge in [0.1, 0.15) is 11.6 Å². The molecule has 0 saturated heterocycles. The average molecular weight is 244 g/mol. The number of rotatable bonds is 2. The van der Waals surface area contributed by atoms with Crippen LogP contribution in [0.4, 0.5) is 0 Å². The van der Waals surface area contributed by atoms with Gasteiger partial charge in [-0.2, -0.15) is 5.26 Å². The summed E-state index contributed by atoms with van der Waals surface area (Å²) in [6.07, 6.45) is 0. The van der Waals surface area contributed by atoms with Gasteiger partial charge in [0.2, 0.25) is 0 Å². The van der Waals surface area contributed by atoms with Gasteiger partial charge in [0, 0.05) is 12.8 Å². The van der Waals surface area contributed by atoms with Crippen molar-refractivity contribution in [1.82, 2.24) is 5.32 Å². The third-order valence-electron chi connectivity index (χ3n) is 2.73. The molecule has 2 rings (SSSR count). The maximum absolute atomic E-state index is 12.2. The zero-order valence-electron chi connectivity index (χ0n) is 9.43. The van der Waals surface area contributed by atoms with Gasteiger partial charge in [-0.1, -0.05) is 30.3 Å². The Morgan fingerprint density at radius 2 is 2.12 bits per heavy atom. The molecule has 0 aromatic heterocycles. The summed E-state index contributed by atoms with van der Waals surface area (Å²) in [5.74, 6) is 0.402. The molecule has 0 bridgehead atoms. The Balaban J connectivity index is 2.35. The highest BCUT2D eigenvalue weighted by Crippen LogP contribution is 2.34. The molecule has 1 unspecified atom stereocenters. The molecule has 1 aliphatic rings. The van der Waals surface area contributed by atoms with Crippen molar-refractivity contribution in [2.75, 3.05) is 12.8 Å². The molecule has 0 saturated carbocycles. The quantitative estimate of drug-likeness (QED) is 0.865. The average Bonchev–Trinajstić information content (AvgIpc) is 2.39. The monoisotopic (exact) mass is 244 g/mol. The summed E-state index contributed by atoms with van der Waals surface area (Å²) in [4.78, 5) is 12.2. The van der Waals surface area contributed by atoms with E-state index in [4.69, 9.17) is 5.26 Å². The molecule has 86 valence electrons. The second-order valence-electron chi connectivity index (χ2n) is 3.70. The fraction of sp³-hybridized carbons (Fsp3) is 0.231. The first-order chi connectivity index (χ1) is 8.27. The Kier molecular flexibility index (Phi) is 3.50. The second-order valence-corrected chi connectivity index (χ2v) is 4.73. The number of allylic oxidation sites excluding steroid dienone is 1. The lowest BCUT2D eigenvalue weighted by atomic mass is 9.92. The van der Waals surface area contributed by atoms with Crippen LogP contribution < -0.4 is 5.32 Å². The SMILES string of the molecule is CNC1=C(C#N)C(=O)C(c2ccccc2)CS1. The number of thioether (sulfide) groups is 1. The molecule has 1 heterocycles. The first-order valence-electron chi connectivity index (χ1n) is 5.32. The van der Waals surface area contributed by atoms with E-state index in [1.807, 2.05) is 36.4 Å². The number of nitrogens with one attached hydrogen (secondary N) is 1. The third kappa shape index (κ3) is 2.20. The van der Waals surface area contributed by atoms with Crippen molar-refractivity contribution < 1.29 is 4.79 Å². The second kappa shape index (κ2) is 5.07. The molecule has 0 aliphatic carbocycles. The van der Waals surface area contributed by atoms with Crippen molar-refractivity contribution in [2.24, 2.45) is 0 Å². The molecule has 1 aromatic carbocycles. The number of benzene rings is 1. The van der Waals surface area contributed by atoms with Crippen LogP contribution in [0.1, 0.15) is 11.5 Å². The summed E-state index contributed by atoms with van der Waals surface area (Å²) in [7, 11) is 1.73. The smallest absolute Gasteiger partial charge is 0.184 e. The van der Waals surface area contributed by atoms with Gasteiger partial charge < -0.3 is 5.32 Å². The van der Waals surface area contributed by atoms with E-state index < -0.39 is 0 Å². The topological polar surface area (TPSA) is 52.9 Å². The normalized spacial score (nSPS) is 20.0. The molecule has 4 heteroatoms. The predicted molar refractivity (Wildman–Crippen MR) is 68.3 cm³/mol. The molecule has 0 fully saturated rings. The molecular weight excluding hydrogens is 232 g/mol. The number of hydrogen-bond donors (Lipinski definition) is 1. The molecule has 17 heavy (non-hydrogen) atoms. The van der Waals surface area contributed by atoms with Crippen LogP contribution in [-0.4, -0.2) is 18.6 Å². The van der Waals surface area contributed by atoms with Gasteiger partial charge in [0.25, 0.3) is 0 Å². The zero-order valence-corrected chi connectivity index (χ0v) is 10.3. The summed E-state index contributed by atoms with van der Waals surface area (Å²) in [5, 5.41) is 12.6. The van der Waals surface area contributed by atoms with Crippen LogP contribution in [0.15, 0.2) is 40.9 Å². The Labute approximate surface area is 105 Å². The first-order valence-corrected chi connectivity index (χ1v) is 6.30. The van der Waals surface area contributed by atoms with E-state index in [0.717, 1.165) is 5.56 Å². The molecule has 1 atom stereocenters. The van der Waals surface area contributed by atoms with E-state index in [-0.39, 0.29) is 17.3 Å². The highest BCUT2D eigenvalue weighted by Gasteiger charge is 2.31. The van der Waals surface area contributed by atoms with E-state index in [2.05, 4.69) is 5.32 Å². The molecule has 0 radical (unpaired) electrons. The van der Waals surface area contributed by atoms with Crippen molar-refractivity contribution in [3.63, 3.8) is 0 Å². The van der Waals surface area contributed by atoms with E-state index >= 15 is 0 Å². The molecule has 0 spiro atoms. The lowest BCUT2D eigenvalue weighted by molar-refractivity contribution is -0.116. The molecule has 1 aliphatic heterocycles. The Hall–Kier alpha value is -1.73. The Bertz CT molecular complexity index is 502. The van der Waals surface area contributed by atoms with Crippen molar-refractivity contribution in [2.45, 2.75) is 5.92 Å². The Morgan fingerprint density at radius 3 is 2.71 bits per heavy atom. The number of ketones is 1. The minimum absolute atomic E-state index is 0.0817. The lowest BCUT2D eigenvalue weighted by Crippen LogP contribution is -2.25. The summed E-state index contributed by atoms with van der Waals surface area (Å²) >= 11 is 1.53. The summed E-state index contributed by atoms with van der Waals surface area (Å²) < 4.78 is 0. The van der Waals surface area contributed by atoms with Crippen molar-refractivity contribution in [1.29, 1.82) is 5.26 Å². The van der Waals surface area contributed by atoms with Gasteiger partial charge in [-0.05, 0) is 5.56 Å². The van der Waals surface area contributed by atoms with E-state index in [9.17, 15) is 4.79 Å². The highest BCUT2D eigenvalue weighted by atomic mass is 32.2. The van der Waals surface area contributed by atoms with E-state index in [1.165, 1.54) is 11.8 Å². The molecule has 1 N–H and O–H groups in total. The van der Waals surface area contributed by atoms with Gasteiger partial charge in [-0.3, -0.25) is 4.79 Å². The van der Waals surface area contributed by atoms with Crippen LogP contribution in [0.5, 0.6) is 0 Å². The first kappa shape index (κ1) is 11.7. The van der Waals surface area contributed by atoms with E-state index in [1.54, 1.807) is 7.05 Å². The number of Topliss-reactive ketones (excluding diaryl/α,β-unsaturated/α-hetero) is 1. The highest BCUT2D eigenvalue weighted by molar-refractivity contribution is 8.03. The fourth-order valence-electron chi connectivity index (χ4n) is 1.84. The minimum atomic E-state index is -0.201. The Morgan fingerprint density at radius 1 is 1.41 bits per heavy atom. The molecular formula is C13H12N2OS. The standard InChI is InChI=1S/C13H12N2OS/c1-15-13-10(7-14)12(16)11(8-17-13)9-5-3-2-4-6-9/h2-6,11,15H,8H2,1H3. The van der Waals surface area contributed by atoms with Gasteiger partial charge in [0.05, 0.1) is 10.9 Å². The number of carbonyl (C=O) groups is 1. The molecule has 3 nitrogen and oxygen atoms in total. The van der Waals surface area contributed by atoms with Gasteiger partial charge in [-0.25, -0.2) is 0 Å². The largest absolute Gasteiger partial charge is 0.382 e. The number of carbonyl (C=O) groups excluding carboxylic acids is 1. The minimum Gasteiger partial charge on any atom is -0.382 e. The van der Waals surface area contributed by atoms with Crippen molar-refractivity contribution >= 4 is 17.5 Å². The van der Waals surface area contributed by atoms with Crippen LogP contribution in [0.3, 0.4) is 0 Å². The fourth-order valence-corrected chi connectivity index (χ4v) is 2.95. The van der Waals surface area contributed by atoms with Crippen LogP contribution in [0.25, 0.3) is 0 Å². The lowest BCUT2D eigenvalue weighted by Gasteiger charge is -2.22. The maximum Gasteiger partial charge on any atom is 0.184 e. The van der Waals surface area contributed by atoms with Gasteiger partial charge >= 0.3 is 0 Å². The van der Waals surface area contributed by atoms with Crippen LogP contribution in [0.2, 0.25) is 0 Å². The van der Waals surface area contributed by atoms with Crippen molar-refractivity contribution in [3.05, 3.63) is 46.5 Å². The van der Waals surface area contributed by atoms with Crippen LogP contribution in [0, 0.1) is 11.3 Å². The third-order valence-corrected chi connectivity index (χ3v) is 3.92. The summed E-state index contributed by atoms with van der Waals surface area (Å²) in [6.45, 7) is 0. The molecule has 1 aromatic rings. The number of nitriles is 1. The van der Waals surface area contributed by atoms with Crippen molar-refractivity contribution in [3.8, 4) is 6.07 Å². The summed E-state index contributed by atoms with van der Waals surface area (Å²) in [6, 6.07) is 11.6. The maximum atomic E-state index is 12.2. The number of hydrogen-bond acceptors (Lipinski definition) is 4. The van der Waals surface area contributed by atoms with Gasteiger partial charge in [-0.15, -0.1) is 11.8 Å². The zero-order chi connectivity index (χ0) is 12.3.